The van der Waals surface area contributed by atoms with Crippen LogP contribution in [0.2, 0.25) is 0 Å². The summed E-state index contributed by atoms with van der Waals surface area (Å²) in [5, 5.41) is 0. The van der Waals surface area contributed by atoms with E-state index in [4.69, 9.17) is 9.47 Å². The number of methoxy groups -OCH3 is 3. The average molecular weight is 358 g/mol. The minimum absolute atomic E-state index is 0.101. The summed E-state index contributed by atoms with van der Waals surface area (Å²) in [6, 6.07) is 8.64. The van der Waals surface area contributed by atoms with E-state index in [1.54, 1.807) is 41.6 Å². The molecule has 0 aliphatic heterocycles. The van der Waals surface area contributed by atoms with Crippen LogP contribution < -0.4 is 9.47 Å². The summed E-state index contributed by atoms with van der Waals surface area (Å²) >= 11 is 0. The summed E-state index contributed by atoms with van der Waals surface area (Å²) in [5.41, 5.74) is 1.27. The molecule has 7 heteroatoms. The van der Waals surface area contributed by atoms with Gasteiger partial charge in [0.25, 0.3) is 5.91 Å². The summed E-state index contributed by atoms with van der Waals surface area (Å²) in [4.78, 5) is 30.2. The van der Waals surface area contributed by atoms with Crippen molar-refractivity contribution < 1.29 is 23.8 Å². The maximum absolute atomic E-state index is 13.0. The summed E-state index contributed by atoms with van der Waals surface area (Å²) in [7, 11) is 4.36. The molecule has 0 N–H and O–H groups in total. The molecular formula is C19H22N2O5. The molecule has 0 atom stereocenters. The molecule has 1 amide bonds. The second kappa shape index (κ2) is 9.41. The normalized spacial score (nSPS) is 10.1. The molecule has 0 spiro atoms. The van der Waals surface area contributed by atoms with Gasteiger partial charge in [-0.05, 0) is 23.8 Å². The first-order valence-electron chi connectivity index (χ1n) is 8.05. The molecule has 0 aliphatic carbocycles. The quantitative estimate of drug-likeness (QED) is 0.674. The van der Waals surface area contributed by atoms with Gasteiger partial charge in [-0.15, -0.1) is 0 Å². The number of nitrogens with zero attached hydrogens (tertiary/aromatic N) is 2. The minimum Gasteiger partial charge on any atom is -0.497 e. The number of aromatic nitrogens is 1. The van der Waals surface area contributed by atoms with Crippen LogP contribution in [-0.4, -0.2) is 49.6 Å². The largest absolute Gasteiger partial charge is 0.497 e. The summed E-state index contributed by atoms with van der Waals surface area (Å²) in [5.74, 6) is 0.413. The molecule has 0 saturated heterocycles. The maximum atomic E-state index is 13.0. The Morgan fingerprint density at radius 1 is 1.08 bits per heavy atom. The molecule has 0 aliphatic rings. The van der Waals surface area contributed by atoms with Gasteiger partial charge in [0.15, 0.2) is 0 Å². The first kappa shape index (κ1) is 19.2. The number of ether oxygens (including phenoxy) is 3. The third-order valence-corrected chi connectivity index (χ3v) is 3.80. The summed E-state index contributed by atoms with van der Waals surface area (Å²) in [6.45, 7) is 0.545. The van der Waals surface area contributed by atoms with Gasteiger partial charge in [0.1, 0.15) is 11.5 Å². The second-order valence-electron chi connectivity index (χ2n) is 5.52. The van der Waals surface area contributed by atoms with E-state index in [9.17, 15) is 9.59 Å². The summed E-state index contributed by atoms with van der Waals surface area (Å²) in [6.07, 6.45) is 3.45. The molecule has 0 fully saturated rings. The van der Waals surface area contributed by atoms with Crippen molar-refractivity contribution in [3.05, 3.63) is 53.9 Å². The lowest BCUT2D eigenvalue weighted by atomic mass is 10.1. The molecule has 138 valence electrons. The predicted octanol–water partition coefficient (Wildman–Crippen LogP) is 2.30. The molecule has 26 heavy (non-hydrogen) atoms. The van der Waals surface area contributed by atoms with Gasteiger partial charge in [-0.25, -0.2) is 0 Å². The Labute approximate surface area is 152 Å². The number of rotatable bonds is 8. The van der Waals surface area contributed by atoms with Gasteiger partial charge in [0, 0.05) is 37.1 Å². The van der Waals surface area contributed by atoms with Crippen molar-refractivity contribution in [3.8, 4) is 11.5 Å². The average Bonchev–Trinajstić information content (AvgIpc) is 2.70. The Balaban J connectivity index is 2.27. The van der Waals surface area contributed by atoms with Crippen molar-refractivity contribution in [2.45, 2.75) is 13.0 Å². The molecule has 1 heterocycles. The fourth-order valence-corrected chi connectivity index (χ4v) is 2.41. The Morgan fingerprint density at radius 3 is 2.31 bits per heavy atom. The predicted molar refractivity (Wildman–Crippen MR) is 95.2 cm³/mol. The lowest BCUT2D eigenvalue weighted by Crippen LogP contribution is -2.33. The molecular weight excluding hydrogens is 336 g/mol. The first-order valence-corrected chi connectivity index (χ1v) is 8.05. The van der Waals surface area contributed by atoms with Crippen LogP contribution in [0.3, 0.4) is 0 Å². The number of esters is 1. The van der Waals surface area contributed by atoms with Crippen molar-refractivity contribution in [1.82, 2.24) is 9.88 Å². The third-order valence-electron chi connectivity index (χ3n) is 3.80. The molecule has 0 saturated carbocycles. The molecule has 0 radical (unpaired) electrons. The Bertz CT molecular complexity index is 727. The number of carbonyl (C=O) groups excluding carboxylic acids is 2. The Hall–Kier alpha value is -3.09. The Morgan fingerprint density at radius 2 is 1.77 bits per heavy atom. The van der Waals surface area contributed by atoms with E-state index in [0.29, 0.717) is 23.6 Å². The highest BCUT2D eigenvalue weighted by Gasteiger charge is 2.19. The van der Waals surface area contributed by atoms with Crippen LogP contribution in [-0.2, 0) is 16.1 Å². The van der Waals surface area contributed by atoms with Crippen LogP contribution >= 0.6 is 0 Å². The molecule has 7 nitrogen and oxygen atoms in total. The van der Waals surface area contributed by atoms with Gasteiger partial charge >= 0.3 is 5.97 Å². The molecule has 1 aromatic heterocycles. The lowest BCUT2D eigenvalue weighted by Gasteiger charge is -2.23. The van der Waals surface area contributed by atoms with Gasteiger partial charge in [0.05, 0.1) is 27.8 Å². The smallest absolute Gasteiger partial charge is 0.307 e. The monoisotopic (exact) mass is 358 g/mol. The van der Waals surface area contributed by atoms with Gasteiger partial charge < -0.3 is 19.1 Å². The van der Waals surface area contributed by atoms with E-state index < -0.39 is 0 Å². The third kappa shape index (κ3) is 5.20. The fraction of sp³-hybridized carbons (Fsp3) is 0.316. The van der Waals surface area contributed by atoms with Gasteiger partial charge in [-0.2, -0.15) is 0 Å². The van der Waals surface area contributed by atoms with E-state index in [-0.39, 0.29) is 24.8 Å². The van der Waals surface area contributed by atoms with Crippen LogP contribution in [0.4, 0.5) is 0 Å². The molecule has 2 aromatic rings. The van der Waals surface area contributed by atoms with Crippen LogP contribution in [0.5, 0.6) is 11.5 Å². The fourth-order valence-electron chi connectivity index (χ4n) is 2.41. The number of carbonyl (C=O) groups is 2. The van der Waals surface area contributed by atoms with Gasteiger partial charge in [-0.3, -0.25) is 14.6 Å². The van der Waals surface area contributed by atoms with Crippen molar-refractivity contribution in [1.29, 1.82) is 0 Å². The zero-order valence-electron chi connectivity index (χ0n) is 15.1. The Kier molecular flexibility index (Phi) is 6.96. The first-order chi connectivity index (χ1) is 12.6. The van der Waals surface area contributed by atoms with Crippen molar-refractivity contribution in [2.75, 3.05) is 27.9 Å². The van der Waals surface area contributed by atoms with E-state index in [2.05, 4.69) is 9.72 Å². The van der Waals surface area contributed by atoms with Crippen LogP contribution in [0.1, 0.15) is 22.3 Å². The van der Waals surface area contributed by atoms with E-state index in [0.717, 1.165) is 5.56 Å². The molecule has 0 unspecified atom stereocenters. The van der Waals surface area contributed by atoms with E-state index >= 15 is 0 Å². The van der Waals surface area contributed by atoms with Gasteiger partial charge in [0.2, 0.25) is 0 Å². The molecule has 0 bridgehead atoms. The van der Waals surface area contributed by atoms with Crippen molar-refractivity contribution in [2.24, 2.45) is 0 Å². The highest BCUT2D eigenvalue weighted by Crippen LogP contribution is 2.24. The summed E-state index contributed by atoms with van der Waals surface area (Å²) < 4.78 is 15.1. The number of hydrogen-bond acceptors (Lipinski definition) is 6. The van der Waals surface area contributed by atoms with Crippen LogP contribution in [0, 0.1) is 0 Å². The number of pyridine rings is 1. The molecule has 2 rings (SSSR count). The number of hydrogen-bond donors (Lipinski definition) is 0. The second-order valence-corrected chi connectivity index (χ2v) is 5.52. The molecule has 1 aromatic carbocycles. The number of benzene rings is 1. The zero-order chi connectivity index (χ0) is 18.9. The van der Waals surface area contributed by atoms with Crippen LogP contribution in [0.15, 0.2) is 42.7 Å². The van der Waals surface area contributed by atoms with E-state index in [1.165, 1.54) is 21.3 Å². The van der Waals surface area contributed by atoms with E-state index in [1.807, 2.05) is 6.07 Å². The SMILES string of the molecule is COC(=O)CCN(Cc1cccnc1)C(=O)c1cc(OC)cc(OC)c1. The van der Waals surface area contributed by atoms with Crippen molar-refractivity contribution in [3.63, 3.8) is 0 Å². The standard InChI is InChI=1S/C19H22N2O5/c1-24-16-9-15(10-17(11-16)25-2)19(23)21(8-6-18(22)26-3)13-14-5-4-7-20-12-14/h4-5,7,9-12H,6,8,13H2,1-3H3. The van der Waals surface area contributed by atoms with Crippen molar-refractivity contribution >= 4 is 11.9 Å². The minimum atomic E-state index is -0.378. The lowest BCUT2D eigenvalue weighted by molar-refractivity contribution is -0.140. The highest BCUT2D eigenvalue weighted by atomic mass is 16.5. The van der Waals surface area contributed by atoms with Crippen LogP contribution in [0.25, 0.3) is 0 Å². The number of amides is 1. The zero-order valence-corrected chi connectivity index (χ0v) is 15.1. The topological polar surface area (TPSA) is 78.0 Å². The van der Waals surface area contributed by atoms with Gasteiger partial charge in [-0.1, -0.05) is 6.07 Å². The maximum Gasteiger partial charge on any atom is 0.307 e. The highest BCUT2D eigenvalue weighted by molar-refractivity contribution is 5.95.